The molecule has 10 nitrogen and oxygen atoms in total. The van der Waals surface area contributed by atoms with Crippen LogP contribution < -0.4 is 19.5 Å². The third kappa shape index (κ3) is 8.96. The summed E-state index contributed by atoms with van der Waals surface area (Å²) in [6.45, 7) is 6.11. The van der Waals surface area contributed by atoms with Crippen LogP contribution in [0.4, 0.5) is 18.9 Å². The molecule has 3 N–H and O–H groups in total. The van der Waals surface area contributed by atoms with Gasteiger partial charge in [0.25, 0.3) is 5.91 Å². The number of nitrogens with one attached hydrogen (secondary N) is 2. The molecule has 1 aliphatic carbocycles. The number of carbonyl (C=O) groups is 2. The first-order valence-corrected chi connectivity index (χ1v) is 14.1. The number of rotatable bonds is 10. The fraction of sp³-hybridized carbons (Fsp3) is 0.370. The largest absolute Gasteiger partial charge is 0.490 e. The van der Waals surface area contributed by atoms with Gasteiger partial charge in [0.2, 0.25) is 10.0 Å². The molecule has 1 saturated carbocycles. The lowest BCUT2D eigenvalue weighted by Gasteiger charge is -2.22. The van der Waals surface area contributed by atoms with Crippen LogP contribution >= 0.6 is 0 Å². The van der Waals surface area contributed by atoms with E-state index < -0.39 is 39.4 Å². The zero-order valence-electron chi connectivity index (χ0n) is 22.4. The Labute approximate surface area is 234 Å². The van der Waals surface area contributed by atoms with Crippen LogP contribution in [-0.2, 0) is 19.6 Å². The number of hydrogen-bond acceptors (Lipinski definition) is 8. The molecule has 0 aliphatic heterocycles. The summed E-state index contributed by atoms with van der Waals surface area (Å²) < 4.78 is 70.6. The van der Waals surface area contributed by atoms with Gasteiger partial charge in [-0.3, -0.25) is 14.5 Å². The molecule has 0 bridgehead atoms. The highest BCUT2D eigenvalue weighted by atomic mass is 32.2. The van der Waals surface area contributed by atoms with E-state index in [0.717, 1.165) is 10.8 Å². The smallest absolute Gasteiger partial charge is 0.490 e. The third-order valence-corrected chi connectivity index (χ3v) is 7.46. The number of hydrogen-bond donors (Lipinski definition) is 3. The highest BCUT2D eigenvalue weighted by Gasteiger charge is 2.39. The van der Waals surface area contributed by atoms with E-state index >= 15 is 0 Å². The summed E-state index contributed by atoms with van der Waals surface area (Å²) in [5.41, 5.74) is 1.22. The Bertz CT molecular complexity index is 1490. The van der Waals surface area contributed by atoms with Crippen molar-refractivity contribution in [1.82, 2.24) is 9.71 Å². The van der Waals surface area contributed by atoms with Crippen LogP contribution in [0.2, 0.25) is 0 Å². The molecule has 1 atom stereocenters. The molecule has 0 spiro atoms. The second kappa shape index (κ2) is 13.1. The summed E-state index contributed by atoms with van der Waals surface area (Å²) >= 11 is 0. The number of carboxylic acid groups (broad SMARTS) is 1. The second-order valence-corrected chi connectivity index (χ2v) is 11.3. The van der Waals surface area contributed by atoms with Crippen LogP contribution in [0.5, 0.6) is 11.5 Å². The number of halogens is 3. The van der Waals surface area contributed by atoms with Crippen molar-refractivity contribution in [2.24, 2.45) is 0 Å². The number of sulfonamides is 1. The Morgan fingerprint density at radius 2 is 1.76 bits per heavy atom. The number of nitrogens with zero attached hydrogens (tertiary/aromatic N) is 1. The van der Waals surface area contributed by atoms with E-state index in [9.17, 15) is 26.4 Å². The summed E-state index contributed by atoms with van der Waals surface area (Å²) in [6.07, 6.45) is -0.559. The van der Waals surface area contributed by atoms with Crippen molar-refractivity contribution in [3.05, 3.63) is 60.4 Å². The van der Waals surface area contributed by atoms with E-state index in [-0.39, 0.29) is 6.10 Å². The van der Waals surface area contributed by atoms with Crippen molar-refractivity contribution in [3.8, 4) is 11.5 Å². The maximum atomic E-state index is 13.3. The van der Waals surface area contributed by atoms with Gasteiger partial charge in [-0.2, -0.15) is 13.2 Å². The number of benzene rings is 2. The molecular formula is C27H30F3N3O7S. The van der Waals surface area contributed by atoms with E-state index in [1.54, 1.807) is 30.6 Å². The number of pyridine rings is 1. The first-order chi connectivity index (χ1) is 19.2. The van der Waals surface area contributed by atoms with Crippen molar-refractivity contribution in [1.29, 1.82) is 0 Å². The summed E-state index contributed by atoms with van der Waals surface area (Å²) in [5.74, 6) is -2.36. The molecule has 1 unspecified atom stereocenters. The number of alkyl halides is 3. The summed E-state index contributed by atoms with van der Waals surface area (Å²) in [6, 6.07) is 11.7. The predicted octanol–water partition coefficient (Wildman–Crippen LogP) is 4.82. The summed E-state index contributed by atoms with van der Waals surface area (Å²) in [4.78, 5) is 26.3. The highest BCUT2D eigenvalue weighted by molar-refractivity contribution is 7.90. The number of ether oxygens (including phenoxy) is 2. The Morgan fingerprint density at radius 3 is 2.34 bits per heavy atom. The van der Waals surface area contributed by atoms with Gasteiger partial charge in [-0.1, -0.05) is 12.1 Å². The van der Waals surface area contributed by atoms with Gasteiger partial charge in [0.05, 0.1) is 18.0 Å². The lowest BCUT2D eigenvalue weighted by molar-refractivity contribution is -0.192. The van der Waals surface area contributed by atoms with Crippen molar-refractivity contribution in [3.63, 3.8) is 0 Å². The van der Waals surface area contributed by atoms with Gasteiger partial charge in [-0.15, -0.1) is 0 Å². The SMILES string of the molecule is CCOc1cc(C(Nc2ccc3cnccc3c2)C(=O)NS(=O)(=O)C2CC2)ccc1OC(C)C.O=C(O)C(F)(F)F. The van der Waals surface area contributed by atoms with Gasteiger partial charge in [-0.05, 0) is 74.9 Å². The number of carboxylic acids is 1. The lowest BCUT2D eigenvalue weighted by atomic mass is 10.0. The molecule has 1 amide bonds. The average Bonchev–Trinajstić information content (AvgIpc) is 3.74. The molecule has 2 aromatic carbocycles. The molecule has 3 aromatic rings. The topological polar surface area (TPSA) is 144 Å². The van der Waals surface area contributed by atoms with Crippen LogP contribution in [0.15, 0.2) is 54.9 Å². The molecule has 1 fully saturated rings. The normalized spacial score (nSPS) is 14.0. The predicted molar refractivity (Wildman–Crippen MR) is 145 cm³/mol. The number of fused-ring (bicyclic) bond motifs is 1. The zero-order valence-corrected chi connectivity index (χ0v) is 23.3. The standard InChI is InChI=1S/C25H29N3O5S.C2HF3O2/c1-4-32-23-14-18(6-10-22(23)33-16(2)3)24(25(29)28-34(30,31)21-8-9-21)27-20-7-5-19-15-26-12-11-17(19)13-20;3-2(4,5)1(6)7/h5-7,10-16,21,24,27H,4,8-9H2,1-3H3,(H,28,29);(H,6,7). The lowest BCUT2D eigenvalue weighted by Crippen LogP contribution is -2.39. The second-order valence-electron chi connectivity index (χ2n) is 9.33. The monoisotopic (exact) mass is 597 g/mol. The van der Waals surface area contributed by atoms with Crippen LogP contribution in [-0.4, -0.2) is 54.5 Å². The molecule has 1 aliphatic rings. The van der Waals surface area contributed by atoms with Crippen molar-refractivity contribution in [2.45, 2.75) is 57.2 Å². The van der Waals surface area contributed by atoms with Crippen molar-refractivity contribution < 1.29 is 45.8 Å². The molecule has 0 radical (unpaired) electrons. The molecule has 41 heavy (non-hydrogen) atoms. The highest BCUT2D eigenvalue weighted by Crippen LogP contribution is 2.34. The molecule has 0 saturated heterocycles. The van der Waals surface area contributed by atoms with E-state index in [1.807, 2.05) is 45.0 Å². The molecule has 1 aromatic heterocycles. The van der Waals surface area contributed by atoms with Gasteiger partial charge in [0.15, 0.2) is 11.5 Å². The number of amides is 1. The van der Waals surface area contributed by atoms with Crippen molar-refractivity contribution in [2.75, 3.05) is 11.9 Å². The fourth-order valence-corrected chi connectivity index (χ4v) is 4.95. The number of carbonyl (C=O) groups excluding carboxylic acids is 1. The van der Waals surface area contributed by atoms with E-state index in [4.69, 9.17) is 19.4 Å². The molecule has 4 rings (SSSR count). The van der Waals surface area contributed by atoms with Crippen LogP contribution in [0.1, 0.15) is 45.2 Å². The van der Waals surface area contributed by atoms with Gasteiger partial charge in [0.1, 0.15) is 6.04 Å². The first-order valence-electron chi connectivity index (χ1n) is 12.6. The quantitative estimate of drug-likeness (QED) is 0.300. The molecule has 14 heteroatoms. The van der Waals surface area contributed by atoms with E-state index in [0.29, 0.717) is 42.2 Å². The number of aromatic nitrogens is 1. The maximum Gasteiger partial charge on any atom is 0.490 e. The van der Waals surface area contributed by atoms with Gasteiger partial charge >= 0.3 is 12.1 Å². The summed E-state index contributed by atoms with van der Waals surface area (Å²) in [5, 5.41) is 11.7. The minimum Gasteiger partial charge on any atom is -0.490 e. The Kier molecular flexibility index (Phi) is 10.0. The number of anilines is 1. The van der Waals surface area contributed by atoms with E-state index in [1.165, 1.54) is 0 Å². The summed E-state index contributed by atoms with van der Waals surface area (Å²) in [7, 11) is -3.71. The first kappa shape index (κ1) is 31.5. The maximum absolute atomic E-state index is 13.3. The molecule has 1 heterocycles. The average molecular weight is 598 g/mol. The Morgan fingerprint density at radius 1 is 1.07 bits per heavy atom. The van der Waals surface area contributed by atoms with Crippen molar-refractivity contribution >= 4 is 38.4 Å². The van der Waals surface area contributed by atoms with Gasteiger partial charge < -0.3 is 19.9 Å². The third-order valence-electron chi connectivity index (χ3n) is 5.63. The Hall–Kier alpha value is -4.07. The van der Waals surface area contributed by atoms with Crippen LogP contribution in [0.25, 0.3) is 10.8 Å². The minimum absolute atomic E-state index is 0.0574. The number of aliphatic carboxylic acids is 1. The van der Waals surface area contributed by atoms with E-state index in [2.05, 4.69) is 15.0 Å². The molecule has 222 valence electrons. The van der Waals surface area contributed by atoms with Gasteiger partial charge in [0, 0.05) is 23.5 Å². The Balaban J connectivity index is 0.000000587. The van der Waals surface area contributed by atoms with Crippen LogP contribution in [0, 0.1) is 0 Å². The van der Waals surface area contributed by atoms with Gasteiger partial charge in [-0.25, -0.2) is 13.2 Å². The fourth-order valence-electron chi connectivity index (χ4n) is 3.62. The molecular weight excluding hydrogens is 567 g/mol. The minimum atomic E-state index is -5.08. The zero-order chi connectivity index (χ0) is 30.4. The van der Waals surface area contributed by atoms with Crippen LogP contribution in [0.3, 0.4) is 0 Å².